The fourth-order valence-corrected chi connectivity index (χ4v) is 2.96. The molecule has 3 aromatic rings. The Balaban J connectivity index is 2.34. The first-order chi connectivity index (χ1) is 11.0. The van der Waals surface area contributed by atoms with Crippen LogP contribution in [0.25, 0.3) is 22.0 Å². The van der Waals surface area contributed by atoms with Crippen molar-refractivity contribution in [1.29, 1.82) is 0 Å². The summed E-state index contributed by atoms with van der Waals surface area (Å²) in [6, 6.07) is 10.4. The molecule has 0 saturated heterocycles. The molecule has 0 aliphatic carbocycles. The molecule has 0 bridgehead atoms. The minimum Gasteiger partial charge on any atom is -0.465 e. The Kier molecular flexibility index (Phi) is 4.44. The SMILES string of the molecule is COC(=O)c1ccc2c(Cl)cnc(-c3cccc(Cl)c3Cl)c2c1. The van der Waals surface area contributed by atoms with Crippen LogP contribution in [-0.2, 0) is 4.74 Å². The van der Waals surface area contributed by atoms with Gasteiger partial charge in [0, 0.05) is 22.5 Å². The van der Waals surface area contributed by atoms with Gasteiger partial charge in [-0.1, -0.05) is 53.0 Å². The lowest BCUT2D eigenvalue weighted by Crippen LogP contribution is -2.01. The Morgan fingerprint density at radius 3 is 2.57 bits per heavy atom. The predicted octanol–water partition coefficient (Wildman–Crippen LogP) is 5.65. The lowest BCUT2D eigenvalue weighted by atomic mass is 10.0. The van der Waals surface area contributed by atoms with E-state index in [2.05, 4.69) is 4.98 Å². The summed E-state index contributed by atoms with van der Waals surface area (Å²) in [7, 11) is 1.33. The van der Waals surface area contributed by atoms with E-state index < -0.39 is 5.97 Å². The van der Waals surface area contributed by atoms with Crippen LogP contribution in [0.1, 0.15) is 10.4 Å². The van der Waals surface area contributed by atoms with E-state index in [1.165, 1.54) is 7.11 Å². The Hall–Kier alpha value is -1.81. The molecule has 0 fully saturated rings. The van der Waals surface area contributed by atoms with Crippen molar-refractivity contribution in [2.75, 3.05) is 7.11 Å². The van der Waals surface area contributed by atoms with Gasteiger partial charge in [0.2, 0.25) is 0 Å². The van der Waals surface area contributed by atoms with Crippen LogP contribution in [0, 0.1) is 0 Å². The second-order valence-electron chi connectivity index (χ2n) is 4.81. The lowest BCUT2D eigenvalue weighted by Gasteiger charge is -2.11. The third-order valence-electron chi connectivity index (χ3n) is 3.47. The standard InChI is InChI=1S/C17H10Cl3NO2/c1-23-17(22)9-5-6-10-12(7-9)16(21-8-14(10)19)11-3-2-4-13(18)15(11)20/h2-8H,1H3. The number of carbonyl (C=O) groups excluding carboxylic acids is 1. The third-order valence-corrected chi connectivity index (χ3v) is 4.59. The summed E-state index contributed by atoms with van der Waals surface area (Å²) in [5, 5.41) is 2.77. The average molecular weight is 367 g/mol. The summed E-state index contributed by atoms with van der Waals surface area (Å²) in [6.07, 6.45) is 1.55. The van der Waals surface area contributed by atoms with Crippen molar-refractivity contribution in [2.45, 2.75) is 0 Å². The zero-order valence-electron chi connectivity index (χ0n) is 11.9. The third kappa shape index (κ3) is 2.88. The van der Waals surface area contributed by atoms with Crippen molar-refractivity contribution in [3.05, 3.63) is 63.2 Å². The van der Waals surface area contributed by atoms with Crippen LogP contribution < -0.4 is 0 Å². The van der Waals surface area contributed by atoms with Crippen LogP contribution in [0.4, 0.5) is 0 Å². The molecule has 23 heavy (non-hydrogen) atoms. The van der Waals surface area contributed by atoms with Gasteiger partial charge in [-0.3, -0.25) is 4.98 Å². The lowest BCUT2D eigenvalue weighted by molar-refractivity contribution is 0.0601. The van der Waals surface area contributed by atoms with Crippen LogP contribution in [0.5, 0.6) is 0 Å². The number of benzene rings is 2. The van der Waals surface area contributed by atoms with Gasteiger partial charge in [-0.05, 0) is 18.2 Å². The van der Waals surface area contributed by atoms with Crippen molar-refractivity contribution in [1.82, 2.24) is 4.98 Å². The molecule has 3 rings (SSSR count). The summed E-state index contributed by atoms with van der Waals surface area (Å²) in [5.74, 6) is -0.435. The van der Waals surface area contributed by atoms with Gasteiger partial charge in [-0.15, -0.1) is 0 Å². The second kappa shape index (κ2) is 6.36. The summed E-state index contributed by atoms with van der Waals surface area (Å²) >= 11 is 18.6. The Bertz CT molecular complexity index is 925. The number of halogens is 3. The highest BCUT2D eigenvalue weighted by Crippen LogP contribution is 2.37. The molecule has 116 valence electrons. The number of ether oxygens (including phenoxy) is 1. The number of esters is 1. The summed E-state index contributed by atoms with van der Waals surface area (Å²) < 4.78 is 4.76. The van der Waals surface area contributed by atoms with Crippen LogP contribution in [0.15, 0.2) is 42.6 Å². The van der Waals surface area contributed by atoms with E-state index in [4.69, 9.17) is 39.5 Å². The second-order valence-corrected chi connectivity index (χ2v) is 6.00. The Labute approximate surface area is 147 Å². The summed E-state index contributed by atoms with van der Waals surface area (Å²) in [6.45, 7) is 0. The molecule has 2 aromatic carbocycles. The fraction of sp³-hybridized carbons (Fsp3) is 0.0588. The van der Waals surface area contributed by atoms with Gasteiger partial charge in [0.05, 0.1) is 33.4 Å². The molecule has 1 heterocycles. The predicted molar refractivity (Wildman–Crippen MR) is 93.5 cm³/mol. The van der Waals surface area contributed by atoms with Crippen molar-refractivity contribution < 1.29 is 9.53 Å². The number of methoxy groups -OCH3 is 1. The maximum atomic E-state index is 11.8. The first kappa shape index (κ1) is 16.1. The number of nitrogens with zero attached hydrogens (tertiary/aromatic N) is 1. The molecule has 0 unspecified atom stereocenters. The van der Waals surface area contributed by atoms with E-state index in [0.29, 0.717) is 37.3 Å². The molecule has 0 aliphatic rings. The maximum absolute atomic E-state index is 11.8. The van der Waals surface area contributed by atoms with E-state index in [1.54, 1.807) is 36.5 Å². The van der Waals surface area contributed by atoms with Gasteiger partial charge in [-0.25, -0.2) is 4.79 Å². The van der Waals surface area contributed by atoms with Crippen LogP contribution in [0.3, 0.4) is 0 Å². The van der Waals surface area contributed by atoms with Crippen molar-refractivity contribution in [3.63, 3.8) is 0 Å². The van der Waals surface area contributed by atoms with E-state index in [9.17, 15) is 4.79 Å². The number of pyridine rings is 1. The molecule has 0 atom stereocenters. The Morgan fingerprint density at radius 1 is 1.04 bits per heavy atom. The van der Waals surface area contributed by atoms with E-state index in [1.807, 2.05) is 6.07 Å². The first-order valence-corrected chi connectivity index (χ1v) is 7.77. The van der Waals surface area contributed by atoms with Crippen molar-refractivity contribution >= 4 is 51.5 Å². The van der Waals surface area contributed by atoms with Crippen LogP contribution >= 0.6 is 34.8 Å². The van der Waals surface area contributed by atoms with E-state index in [-0.39, 0.29) is 0 Å². The highest BCUT2D eigenvalue weighted by Gasteiger charge is 2.15. The summed E-state index contributed by atoms with van der Waals surface area (Å²) in [4.78, 5) is 16.2. The van der Waals surface area contributed by atoms with Gasteiger partial charge >= 0.3 is 5.97 Å². The smallest absolute Gasteiger partial charge is 0.337 e. The molecule has 0 radical (unpaired) electrons. The minimum absolute atomic E-state index is 0.397. The van der Waals surface area contributed by atoms with E-state index in [0.717, 1.165) is 5.39 Å². The minimum atomic E-state index is -0.435. The highest BCUT2D eigenvalue weighted by atomic mass is 35.5. The van der Waals surface area contributed by atoms with Crippen LogP contribution in [-0.4, -0.2) is 18.1 Å². The number of hydrogen-bond acceptors (Lipinski definition) is 3. The molecule has 0 N–H and O–H groups in total. The van der Waals surface area contributed by atoms with Gasteiger partial charge in [0.15, 0.2) is 0 Å². The molecule has 0 aliphatic heterocycles. The topological polar surface area (TPSA) is 39.2 Å². The van der Waals surface area contributed by atoms with Crippen molar-refractivity contribution in [3.8, 4) is 11.3 Å². The average Bonchev–Trinajstić information content (AvgIpc) is 2.57. The molecule has 6 heteroatoms. The highest BCUT2D eigenvalue weighted by molar-refractivity contribution is 6.44. The van der Waals surface area contributed by atoms with Crippen molar-refractivity contribution in [2.24, 2.45) is 0 Å². The van der Waals surface area contributed by atoms with Gasteiger partial charge in [-0.2, -0.15) is 0 Å². The molecule has 1 aromatic heterocycles. The molecular formula is C17H10Cl3NO2. The fourth-order valence-electron chi connectivity index (χ4n) is 2.35. The first-order valence-electron chi connectivity index (χ1n) is 6.64. The largest absolute Gasteiger partial charge is 0.465 e. The molecule has 0 saturated carbocycles. The zero-order valence-corrected chi connectivity index (χ0v) is 14.2. The quantitative estimate of drug-likeness (QED) is 0.550. The Morgan fingerprint density at radius 2 is 1.83 bits per heavy atom. The van der Waals surface area contributed by atoms with Gasteiger partial charge in [0.25, 0.3) is 0 Å². The number of fused-ring (bicyclic) bond motifs is 1. The zero-order chi connectivity index (χ0) is 16.6. The molecule has 0 amide bonds. The van der Waals surface area contributed by atoms with Gasteiger partial charge < -0.3 is 4.74 Å². The molecular weight excluding hydrogens is 357 g/mol. The van der Waals surface area contributed by atoms with Crippen LogP contribution in [0.2, 0.25) is 15.1 Å². The number of hydrogen-bond donors (Lipinski definition) is 0. The normalized spacial score (nSPS) is 10.8. The monoisotopic (exact) mass is 365 g/mol. The number of rotatable bonds is 2. The molecule has 0 spiro atoms. The maximum Gasteiger partial charge on any atom is 0.337 e. The van der Waals surface area contributed by atoms with E-state index >= 15 is 0 Å². The van der Waals surface area contributed by atoms with Gasteiger partial charge in [0.1, 0.15) is 0 Å². The number of carbonyl (C=O) groups is 1. The number of aromatic nitrogens is 1. The molecule has 3 nitrogen and oxygen atoms in total. The summed E-state index contributed by atoms with van der Waals surface area (Å²) in [5.41, 5.74) is 1.67.